The lowest BCUT2D eigenvalue weighted by atomic mass is 10.1. The van der Waals surface area contributed by atoms with E-state index in [1.807, 2.05) is 13.8 Å². The van der Waals surface area contributed by atoms with Gasteiger partial charge in [-0.2, -0.15) is 0 Å². The molecule has 3 aromatic rings. The summed E-state index contributed by atoms with van der Waals surface area (Å²) in [6.07, 6.45) is 4.03. The largest absolute Gasteiger partial charge is 0.333 e. The first-order valence-electron chi connectivity index (χ1n) is 10.2. The summed E-state index contributed by atoms with van der Waals surface area (Å²) in [5.41, 5.74) is 4.38. The first kappa shape index (κ1) is 19.4. The van der Waals surface area contributed by atoms with Crippen LogP contribution < -0.4 is 5.56 Å². The van der Waals surface area contributed by atoms with E-state index in [1.54, 1.807) is 11.0 Å². The molecule has 0 bridgehead atoms. The van der Waals surface area contributed by atoms with E-state index in [1.165, 1.54) is 22.7 Å². The highest BCUT2D eigenvalue weighted by atomic mass is 19.1. The topological polar surface area (TPSA) is 70.5 Å². The predicted molar refractivity (Wildman–Crippen MR) is 109 cm³/mol. The Balaban J connectivity index is 1.74. The molecule has 0 fully saturated rings. The molecule has 29 heavy (non-hydrogen) atoms. The Morgan fingerprint density at radius 3 is 2.86 bits per heavy atom. The fourth-order valence-corrected chi connectivity index (χ4v) is 4.15. The highest BCUT2D eigenvalue weighted by molar-refractivity contribution is 5.94. The SMILES string of the molecule is CCCN(Cc1[nH]n2c(=O)c3c(nc2c1CC)CCC3)C(=O)c1cccc(F)c1. The Morgan fingerprint density at radius 1 is 1.31 bits per heavy atom. The number of nitrogens with zero attached hydrogens (tertiary/aromatic N) is 3. The lowest BCUT2D eigenvalue weighted by molar-refractivity contribution is 0.0740. The van der Waals surface area contributed by atoms with Gasteiger partial charge in [0.2, 0.25) is 0 Å². The van der Waals surface area contributed by atoms with Crippen LogP contribution in [0.15, 0.2) is 29.1 Å². The van der Waals surface area contributed by atoms with Crippen LogP contribution in [-0.4, -0.2) is 31.9 Å². The van der Waals surface area contributed by atoms with Gasteiger partial charge in [0.05, 0.1) is 17.9 Å². The molecular formula is C22H25FN4O2. The van der Waals surface area contributed by atoms with Crippen molar-refractivity contribution < 1.29 is 9.18 Å². The minimum absolute atomic E-state index is 0.0399. The zero-order chi connectivity index (χ0) is 20.5. The van der Waals surface area contributed by atoms with Crippen molar-refractivity contribution in [2.75, 3.05) is 6.54 Å². The molecule has 1 aromatic carbocycles. The molecule has 1 aliphatic carbocycles. The number of halogens is 1. The molecule has 0 saturated heterocycles. The summed E-state index contributed by atoms with van der Waals surface area (Å²) in [6.45, 7) is 4.87. The quantitative estimate of drug-likeness (QED) is 0.695. The van der Waals surface area contributed by atoms with Gasteiger partial charge < -0.3 is 4.90 Å². The Hall–Kier alpha value is -2.96. The van der Waals surface area contributed by atoms with E-state index in [0.717, 1.165) is 48.2 Å². The molecule has 6 nitrogen and oxygen atoms in total. The number of amides is 1. The molecule has 0 aliphatic heterocycles. The molecule has 1 N–H and O–H groups in total. The summed E-state index contributed by atoms with van der Waals surface area (Å²) in [6, 6.07) is 5.74. The number of benzene rings is 1. The molecule has 2 heterocycles. The van der Waals surface area contributed by atoms with Crippen molar-refractivity contribution in [1.82, 2.24) is 19.5 Å². The Kier molecular flexibility index (Phi) is 5.22. The van der Waals surface area contributed by atoms with Gasteiger partial charge in [0.25, 0.3) is 11.5 Å². The van der Waals surface area contributed by atoms with Gasteiger partial charge in [-0.3, -0.25) is 14.7 Å². The number of hydrogen-bond donors (Lipinski definition) is 1. The highest BCUT2D eigenvalue weighted by Crippen LogP contribution is 2.22. The number of nitrogens with one attached hydrogen (secondary N) is 1. The number of hydrogen-bond acceptors (Lipinski definition) is 3. The predicted octanol–water partition coefficient (Wildman–Crippen LogP) is 3.27. The zero-order valence-electron chi connectivity index (χ0n) is 16.8. The van der Waals surface area contributed by atoms with E-state index < -0.39 is 5.82 Å². The van der Waals surface area contributed by atoms with Crippen LogP contribution in [0.1, 0.15) is 59.6 Å². The summed E-state index contributed by atoms with van der Waals surface area (Å²) >= 11 is 0. The average molecular weight is 396 g/mol. The summed E-state index contributed by atoms with van der Waals surface area (Å²) < 4.78 is 15.1. The Bertz CT molecular complexity index is 1130. The van der Waals surface area contributed by atoms with E-state index >= 15 is 0 Å². The van der Waals surface area contributed by atoms with Gasteiger partial charge in [0.1, 0.15) is 5.82 Å². The minimum Gasteiger partial charge on any atom is -0.333 e. The Labute approximate surface area is 168 Å². The van der Waals surface area contributed by atoms with E-state index in [2.05, 4.69) is 5.10 Å². The monoisotopic (exact) mass is 396 g/mol. The molecule has 2 aromatic heterocycles. The number of carbonyl (C=O) groups is 1. The highest BCUT2D eigenvalue weighted by Gasteiger charge is 2.24. The maximum Gasteiger partial charge on any atom is 0.276 e. The number of aromatic amines is 1. The molecule has 4 rings (SSSR count). The molecule has 0 saturated carbocycles. The Morgan fingerprint density at radius 2 is 2.14 bits per heavy atom. The van der Waals surface area contributed by atoms with Gasteiger partial charge >= 0.3 is 0 Å². The van der Waals surface area contributed by atoms with E-state index in [9.17, 15) is 14.0 Å². The van der Waals surface area contributed by atoms with Crippen LogP contribution in [0.3, 0.4) is 0 Å². The van der Waals surface area contributed by atoms with Crippen molar-refractivity contribution >= 4 is 11.6 Å². The lowest BCUT2D eigenvalue weighted by Crippen LogP contribution is -2.32. The summed E-state index contributed by atoms with van der Waals surface area (Å²) in [5, 5.41) is 3.19. The van der Waals surface area contributed by atoms with Gasteiger partial charge in [-0.15, -0.1) is 0 Å². The maximum absolute atomic E-state index is 13.6. The van der Waals surface area contributed by atoms with Gasteiger partial charge in [-0.1, -0.05) is 19.9 Å². The van der Waals surface area contributed by atoms with Crippen LogP contribution in [0, 0.1) is 5.82 Å². The second-order valence-electron chi connectivity index (χ2n) is 7.51. The van der Waals surface area contributed by atoms with E-state index in [-0.39, 0.29) is 11.5 Å². The third kappa shape index (κ3) is 3.45. The first-order valence-corrected chi connectivity index (χ1v) is 10.2. The third-order valence-corrected chi connectivity index (χ3v) is 5.54. The zero-order valence-corrected chi connectivity index (χ0v) is 16.8. The fraction of sp³-hybridized carbons (Fsp3) is 0.409. The summed E-state index contributed by atoms with van der Waals surface area (Å²) in [5.74, 6) is -0.660. The molecule has 0 radical (unpaired) electrons. The number of fused-ring (bicyclic) bond motifs is 2. The molecule has 1 aliphatic rings. The molecule has 1 amide bonds. The number of carbonyl (C=O) groups excluding carboxylic acids is 1. The van der Waals surface area contributed by atoms with Gasteiger partial charge in [-0.25, -0.2) is 13.9 Å². The number of H-pyrrole nitrogens is 1. The first-order chi connectivity index (χ1) is 14.0. The van der Waals surface area contributed by atoms with Crippen molar-refractivity contribution in [3.05, 3.63) is 68.5 Å². The van der Waals surface area contributed by atoms with Gasteiger partial charge in [0, 0.05) is 23.2 Å². The van der Waals surface area contributed by atoms with E-state index in [0.29, 0.717) is 30.7 Å². The van der Waals surface area contributed by atoms with Crippen LogP contribution in [0.2, 0.25) is 0 Å². The minimum atomic E-state index is -0.433. The molecule has 152 valence electrons. The van der Waals surface area contributed by atoms with Crippen LogP contribution in [-0.2, 0) is 25.8 Å². The second-order valence-corrected chi connectivity index (χ2v) is 7.51. The van der Waals surface area contributed by atoms with Crippen molar-refractivity contribution in [1.29, 1.82) is 0 Å². The van der Waals surface area contributed by atoms with Gasteiger partial charge in [0.15, 0.2) is 5.65 Å². The number of rotatable bonds is 6. The van der Waals surface area contributed by atoms with E-state index in [4.69, 9.17) is 4.98 Å². The van der Waals surface area contributed by atoms with Crippen molar-refractivity contribution in [2.45, 2.75) is 52.5 Å². The van der Waals surface area contributed by atoms with Crippen molar-refractivity contribution in [3.8, 4) is 0 Å². The molecule has 7 heteroatoms. The standard InChI is InChI=1S/C22H25FN4O2/c1-3-11-26(21(28)14-7-5-8-15(23)12-14)13-19-16(4-2)20-24-18-10-6-9-17(18)22(29)27(20)25-19/h5,7-8,12,25H,3-4,6,9-11,13H2,1-2H3. The normalized spacial score (nSPS) is 13.1. The summed E-state index contributed by atoms with van der Waals surface area (Å²) in [7, 11) is 0. The molecule has 0 unspecified atom stereocenters. The fourth-order valence-electron chi connectivity index (χ4n) is 4.15. The number of aromatic nitrogens is 3. The third-order valence-electron chi connectivity index (χ3n) is 5.54. The smallest absolute Gasteiger partial charge is 0.276 e. The van der Waals surface area contributed by atoms with Gasteiger partial charge in [-0.05, 0) is 50.3 Å². The van der Waals surface area contributed by atoms with Crippen LogP contribution in [0.4, 0.5) is 4.39 Å². The average Bonchev–Trinajstić information content (AvgIpc) is 3.32. The maximum atomic E-state index is 13.6. The molecule has 0 atom stereocenters. The molecule has 0 spiro atoms. The van der Waals surface area contributed by atoms with Crippen LogP contribution >= 0.6 is 0 Å². The van der Waals surface area contributed by atoms with Crippen molar-refractivity contribution in [2.24, 2.45) is 0 Å². The second kappa shape index (κ2) is 7.81. The number of aryl methyl sites for hydroxylation is 2. The van der Waals surface area contributed by atoms with Crippen LogP contribution in [0.25, 0.3) is 5.65 Å². The molecular weight excluding hydrogens is 371 g/mol. The summed E-state index contributed by atoms with van der Waals surface area (Å²) in [4.78, 5) is 32.3. The van der Waals surface area contributed by atoms with Crippen LogP contribution in [0.5, 0.6) is 0 Å². The van der Waals surface area contributed by atoms with Crippen molar-refractivity contribution in [3.63, 3.8) is 0 Å². The lowest BCUT2D eigenvalue weighted by Gasteiger charge is -2.22.